The molecule has 0 radical (unpaired) electrons. The highest BCUT2D eigenvalue weighted by Crippen LogP contribution is 2.26. The van der Waals surface area contributed by atoms with E-state index in [1.54, 1.807) is 0 Å². The molecular formula is C11H19NO. The molecule has 1 aliphatic carbocycles. The van der Waals surface area contributed by atoms with Crippen molar-refractivity contribution < 1.29 is 4.79 Å². The quantitative estimate of drug-likeness (QED) is 0.657. The minimum absolute atomic E-state index is 0.364. The molecule has 2 nitrogen and oxygen atoms in total. The third-order valence-electron chi connectivity index (χ3n) is 3.44. The van der Waals surface area contributed by atoms with E-state index in [4.69, 9.17) is 0 Å². The fourth-order valence-corrected chi connectivity index (χ4v) is 2.39. The van der Waals surface area contributed by atoms with E-state index in [2.05, 4.69) is 5.32 Å². The second-order valence-corrected chi connectivity index (χ2v) is 4.45. The lowest BCUT2D eigenvalue weighted by atomic mass is 9.85. The minimum atomic E-state index is 0.364. The molecule has 0 aromatic heterocycles. The number of hydrogen-bond donors (Lipinski definition) is 1. The van der Waals surface area contributed by atoms with Gasteiger partial charge >= 0.3 is 0 Å². The molecule has 0 spiro atoms. The van der Waals surface area contributed by atoms with Crippen molar-refractivity contribution in [3.05, 3.63) is 0 Å². The Balaban J connectivity index is 1.85. The maximum Gasteiger partial charge on any atom is 0.141 e. The first-order chi connectivity index (χ1) is 6.38. The molecule has 0 atom stereocenters. The molecule has 0 amide bonds. The van der Waals surface area contributed by atoms with E-state index in [9.17, 15) is 4.79 Å². The Morgan fingerprint density at radius 1 is 0.923 bits per heavy atom. The van der Waals surface area contributed by atoms with Crippen LogP contribution >= 0.6 is 0 Å². The normalized spacial score (nSPS) is 26.5. The van der Waals surface area contributed by atoms with Gasteiger partial charge in [-0.25, -0.2) is 0 Å². The van der Waals surface area contributed by atoms with Crippen LogP contribution in [0.5, 0.6) is 0 Å². The average Bonchev–Trinajstić information content (AvgIpc) is 2.27. The first kappa shape index (κ1) is 9.20. The van der Waals surface area contributed by atoms with E-state index in [-0.39, 0.29) is 0 Å². The van der Waals surface area contributed by atoms with Crippen LogP contribution in [0.1, 0.15) is 38.5 Å². The van der Waals surface area contributed by atoms with E-state index >= 15 is 0 Å². The van der Waals surface area contributed by atoms with Gasteiger partial charge in [-0.05, 0) is 12.8 Å². The highest BCUT2D eigenvalue weighted by Gasteiger charge is 2.30. The van der Waals surface area contributed by atoms with Crippen molar-refractivity contribution >= 4 is 5.78 Å². The molecule has 0 bridgehead atoms. The van der Waals surface area contributed by atoms with Crippen molar-refractivity contribution in [1.82, 2.24) is 5.32 Å². The maximum atomic E-state index is 11.9. The van der Waals surface area contributed by atoms with Gasteiger partial charge in [-0.15, -0.1) is 0 Å². The molecule has 0 unspecified atom stereocenters. The maximum absolute atomic E-state index is 11.9. The highest BCUT2D eigenvalue weighted by atomic mass is 16.1. The highest BCUT2D eigenvalue weighted by molar-refractivity contribution is 5.84. The number of nitrogens with one attached hydrogen (secondary N) is 1. The van der Waals surface area contributed by atoms with Gasteiger partial charge in [-0.1, -0.05) is 25.7 Å². The standard InChI is InChI=1S/C11H19NO/c13-11(10-7-12-8-10)9-5-3-1-2-4-6-9/h9-10,12H,1-8H2. The first-order valence-corrected chi connectivity index (χ1v) is 5.62. The van der Waals surface area contributed by atoms with Crippen LogP contribution < -0.4 is 5.32 Å². The number of carbonyl (C=O) groups excluding carboxylic acids is 1. The SMILES string of the molecule is O=C(C1CCCCCC1)C1CNC1. The summed E-state index contributed by atoms with van der Waals surface area (Å²) in [5.74, 6) is 1.33. The summed E-state index contributed by atoms with van der Waals surface area (Å²) in [6, 6.07) is 0. The topological polar surface area (TPSA) is 29.1 Å². The molecule has 1 N–H and O–H groups in total. The van der Waals surface area contributed by atoms with Gasteiger partial charge in [0, 0.05) is 24.9 Å². The third kappa shape index (κ3) is 2.11. The van der Waals surface area contributed by atoms with Crippen molar-refractivity contribution in [1.29, 1.82) is 0 Å². The first-order valence-electron chi connectivity index (χ1n) is 5.62. The lowest BCUT2D eigenvalue weighted by Gasteiger charge is -2.29. The largest absolute Gasteiger partial charge is 0.315 e. The zero-order valence-corrected chi connectivity index (χ0v) is 8.22. The van der Waals surface area contributed by atoms with Crippen LogP contribution in [0.25, 0.3) is 0 Å². The summed E-state index contributed by atoms with van der Waals surface area (Å²) in [4.78, 5) is 11.9. The second-order valence-electron chi connectivity index (χ2n) is 4.45. The monoisotopic (exact) mass is 181 g/mol. The van der Waals surface area contributed by atoms with E-state index in [0.29, 0.717) is 17.6 Å². The molecule has 2 heteroatoms. The van der Waals surface area contributed by atoms with E-state index in [0.717, 1.165) is 25.9 Å². The molecule has 0 aromatic rings. The van der Waals surface area contributed by atoms with Gasteiger partial charge in [0.1, 0.15) is 5.78 Å². The van der Waals surface area contributed by atoms with E-state index in [1.165, 1.54) is 25.7 Å². The number of rotatable bonds is 2. The Morgan fingerprint density at radius 3 is 2.00 bits per heavy atom. The summed E-state index contributed by atoms with van der Waals surface area (Å²) in [6.45, 7) is 1.88. The number of carbonyl (C=O) groups is 1. The minimum Gasteiger partial charge on any atom is -0.315 e. The Labute approximate surface area is 80.1 Å². The van der Waals surface area contributed by atoms with Gasteiger partial charge in [-0.2, -0.15) is 0 Å². The van der Waals surface area contributed by atoms with Gasteiger partial charge in [0.2, 0.25) is 0 Å². The molecule has 1 saturated heterocycles. The molecule has 1 saturated carbocycles. The fourth-order valence-electron chi connectivity index (χ4n) is 2.39. The molecule has 2 aliphatic rings. The van der Waals surface area contributed by atoms with Gasteiger partial charge in [-0.3, -0.25) is 4.79 Å². The van der Waals surface area contributed by atoms with Crippen LogP contribution in [-0.2, 0) is 4.79 Å². The third-order valence-corrected chi connectivity index (χ3v) is 3.44. The molecule has 2 fully saturated rings. The van der Waals surface area contributed by atoms with Crippen molar-refractivity contribution in [3.8, 4) is 0 Å². The molecular weight excluding hydrogens is 162 g/mol. The van der Waals surface area contributed by atoms with Crippen LogP contribution in [0.4, 0.5) is 0 Å². The second kappa shape index (κ2) is 4.23. The fraction of sp³-hybridized carbons (Fsp3) is 0.909. The van der Waals surface area contributed by atoms with Crippen molar-refractivity contribution in [3.63, 3.8) is 0 Å². The molecule has 1 heterocycles. The van der Waals surface area contributed by atoms with Gasteiger partial charge < -0.3 is 5.32 Å². The zero-order chi connectivity index (χ0) is 9.10. The van der Waals surface area contributed by atoms with Gasteiger partial charge in [0.25, 0.3) is 0 Å². The lowest BCUT2D eigenvalue weighted by molar-refractivity contribution is -0.128. The van der Waals surface area contributed by atoms with Crippen LogP contribution in [-0.4, -0.2) is 18.9 Å². The van der Waals surface area contributed by atoms with Gasteiger partial charge in [0.05, 0.1) is 0 Å². The lowest BCUT2D eigenvalue weighted by Crippen LogP contribution is -2.48. The van der Waals surface area contributed by atoms with Crippen molar-refractivity contribution in [2.24, 2.45) is 11.8 Å². The summed E-state index contributed by atoms with van der Waals surface area (Å²) < 4.78 is 0. The number of hydrogen-bond acceptors (Lipinski definition) is 2. The molecule has 74 valence electrons. The van der Waals surface area contributed by atoms with Crippen molar-refractivity contribution in [2.75, 3.05) is 13.1 Å². The van der Waals surface area contributed by atoms with Crippen LogP contribution in [0.3, 0.4) is 0 Å². The molecule has 13 heavy (non-hydrogen) atoms. The Bertz CT molecular complexity index is 179. The smallest absolute Gasteiger partial charge is 0.141 e. The summed E-state index contributed by atoms with van der Waals surface area (Å²) in [7, 11) is 0. The number of ketones is 1. The summed E-state index contributed by atoms with van der Waals surface area (Å²) in [5.41, 5.74) is 0. The Hall–Kier alpha value is -0.370. The summed E-state index contributed by atoms with van der Waals surface area (Å²) >= 11 is 0. The predicted molar refractivity (Wildman–Crippen MR) is 52.6 cm³/mol. The average molecular weight is 181 g/mol. The van der Waals surface area contributed by atoms with E-state index in [1.807, 2.05) is 0 Å². The Kier molecular flexibility index (Phi) is 2.99. The zero-order valence-electron chi connectivity index (χ0n) is 8.22. The van der Waals surface area contributed by atoms with Crippen molar-refractivity contribution in [2.45, 2.75) is 38.5 Å². The van der Waals surface area contributed by atoms with Crippen LogP contribution in [0.2, 0.25) is 0 Å². The Morgan fingerprint density at radius 2 is 1.54 bits per heavy atom. The summed E-state index contributed by atoms with van der Waals surface area (Å²) in [6.07, 6.45) is 7.55. The molecule has 0 aromatic carbocycles. The predicted octanol–water partition coefficient (Wildman–Crippen LogP) is 1.75. The van der Waals surface area contributed by atoms with Crippen LogP contribution in [0, 0.1) is 11.8 Å². The summed E-state index contributed by atoms with van der Waals surface area (Å²) in [5, 5.41) is 3.18. The van der Waals surface area contributed by atoms with E-state index < -0.39 is 0 Å². The molecule has 1 aliphatic heterocycles. The van der Waals surface area contributed by atoms with Crippen LogP contribution in [0.15, 0.2) is 0 Å². The van der Waals surface area contributed by atoms with Gasteiger partial charge in [0.15, 0.2) is 0 Å². The molecule has 2 rings (SSSR count). The number of Topliss-reactive ketones (excluding diaryl/α,β-unsaturated/α-hetero) is 1.